The summed E-state index contributed by atoms with van der Waals surface area (Å²) < 4.78 is 28.0. The van der Waals surface area contributed by atoms with Crippen molar-refractivity contribution in [2.45, 2.75) is 25.0 Å². The van der Waals surface area contributed by atoms with Gasteiger partial charge in [0.25, 0.3) is 6.43 Å². The largest absolute Gasteiger partial charge is 0.480 e. The van der Waals surface area contributed by atoms with E-state index in [-0.39, 0.29) is 26.1 Å². The number of rotatable bonds is 6. The van der Waals surface area contributed by atoms with Crippen molar-refractivity contribution in [2.24, 2.45) is 0 Å². The fraction of sp³-hybridized carbons (Fsp3) is 0.800. The van der Waals surface area contributed by atoms with Gasteiger partial charge in [-0.2, -0.15) is 0 Å². The highest BCUT2D eigenvalue weighted by atomic mass is 19.3. The van der Waals surface area contributed by atoms with Gasteiger partial charge in [-0.3, -0.25) is 0 Å². The number of carbonyl (C=O) groups is 2. The van der Waals surface area contributed by atoms with E-state index in [4.69, 9.17) is 5.11 Å². The van der Waals surface area contributed by atoms with Gasteiger partial charge in [0.05, 0.1) is 12.7 Å². The minimum absolute atomic E-state index is 0.00944. The molecular weight excluding hydrogens is 266 g/mol. The number of aliphatic carboxylic acids is 1. The van der Waals surface area contributed by atoms with Crippen LogP contribution >= 0.6 is 0 Å². The number of hydrogen-bond acceptors (Lipinski definition) is 4. The minimum atomic E-state index is -2.57. The number of carboxylic acid groups (broad SMARTS) is 1. The molecule has 9 heteroatoms. The Balaban J connectivity index is 2.30. The Labute approximate surface area is 108 Å². The Bertz CT molecular complexity index is 329. The number of hydrogen-bond donors (Lipinski definition) is 3. The number of alkyl halides is 2. The molecule has 1 saturated heterocycles. The number of carbonyl (C=O) groups excluding carboxylic acids is 1. The smallest absolute Gasteiger partial charge is 0.326 e. The van der Waals surface area contributed by atoms with Gasteiger partial charge in [-0.25, -0.2) is 18.4 Å². The SMILES string of the molecule is O=C(O)[C@@H]1CC(O)CN1C(=O)NCCOCC(F)F. The number of halogens is 2. The van der Waals surface area contributed by atoms with E-state index in [1.54, 1.807) is 0 Å². The van der Waals surface area contributed by atoms with Crippen molar-refractivity contribution in [2.75, 3.05) is 26.3 Å². The molecule has 1 aliphatic rings. The molecule has 0 bridgehead atoms. The van der Waals surface area contributed by atoms with Crippen molar-refractivity contribution in [1.29, 1.82) is 0 Å². The zero-order chi connectivity index (χ0) is 14.4. The van der Waals surface area contributed by atoms with Crippen molar-refractivity contribution in [3.8, 4) is 0 Å². The molecule has 0 aromatic carbocycles. The summed E-state index contributed by atoms with van der Waals surface area (Å²) >= 11 is 0. The fourth-order valence-corrected chi connectivity index (χ4v) is 1.78. The summed E-state index contributed by atoms with van der Waals surface area (Å²) in [5, 5.41) is 20.6. The fourth-order valence-electron chi connectivity index (χ4n) is 1.78. The number of nitrogens with one attached hydrogen (secondary N) is 1. The summed E-state index contributed by atoms with van der Waals surface area (Å²) in [6.45, 7) is -0.883. The quantitative estimate of drug-likeness (QED) is 0.570. The van der Waals surface area contributed by atoms with Crippen molar-refractivity contribution in [3.05, 3.63) is 0 Å². The number of nitrogens with zero attached hydrogens (tertiary/aromatic N) is 1. The summed E-state index contributed by atoms with van der Waals surface area (Å²) in [7, 11) is 0. The van der Waals surface area contributed by atoms with E-state index in [0.717, 1.165) is 4.90 Å². The summed E-state index contributed by atoms with van der Waals surface area (Å²) in [5.74, 6) is -1.19. The van der Waals surface area contributed by atoms with Crippen molar-refractivity contribution >= 4 is 12.0 Å². The molecule has 0 saturated carbocycles. The molecule has 7 nitrogen and oxygen atoms in total. The number of aliphatic hydroxyl groups excluding tert-OH is 1. The Morgan fingerprint density at radius 1 is 1.47 bits per heavy atom. The number of urea groups is 1. The van der Waals surface area contributed by atoms with Gasteiger partial charge in [0.15, 0.2) is 0 Å². The maximum Gasteiger partial charge on any atom is 0.326 e. The first-order valence-electron chi connectivity index (χ1n) is 5.73. The second-order valence-electron chi connectivity index (χ2n) is 4.09. The molecule has 1 fully saturated rings. The van der Waals surface area contributed by atoms with Crippen LogP contribution in [0.15, 0.2) is 0 Å². The molecule has 0 aliphatic carbocycles. The van der Waals surface area contributed by atoms with Crippen LogP contribution in [0.4, 0.5) is 13.6 Å². The van der Waals surface area contributed by atoms with Crippen LogP contribution < -0.4 is 5.32 Å². The number of aliphatic hydroxyl groups is 1. The average Bonchev–Trinajstić information content (AvgIpc) is 2.70. The Kier molecular flexibility index (Phi) is 5.90. The Morgan fingerprint density at radius 3 is 2.74 bits per heavy atom. The average molecular weight is 282 g/mol. The van der Waals surface area contributed by atoms with Gasteiger partial charge < -0.3 is 25.2 Å². The molecule has 1 aliphatic heterocycles. The number of ether oxygens (including phenoxy) is 1. The summed E-state index contributed by atoms with van der Waals surface area (Å²) in [6.07, 6.45) is -3.47. The van der Waals surface area contributed by atoms with Crippen LogP contribution in [0.25, 0.3) is 0 Å². The zero-order valence-electron chi connectivity index (χ0n) is 10.1. The minimum Gasteiger partial charge on any atom is -0.480 e. The molecule has 19 heavy (non-hydrogen) atoms. The number of carboxylic acids is 1. The topological polar surface area (TPSA) is 99.1 Å². The summed E-state index contributed by atoms with van der Waals surface area (Å²) in [5.41, 5.74) is 0. The number of amides is 2. The molecule has 110 valence electrons. The van der Waals surface area contributed by atoms with Gasteiger partial charge in [-0.15, -0.1) is 0 Å². The van der Waals surface area contributed by atoms with E-state index in [1.807, 2.05) is 0 Å². The second-order valence-corrected chi connectivity index (χ2v) is 4.09. The van der Waals surface area contributed by atoms with E-state index in [9.17, 15) is 23.5 Å². The number of β-amino-alcohol motifs (C(OH)–C–C–N with tert-alkyl or cyclic N) is 1. The third-order valence-corrected chi connectivity index (χ3v) is 2.59. The lowest BCUT2D eigenvalue weighted by Gasteiger charge is -2.21. The van der Waals surface area contributed by atoms with Crippen LogP contribution in [0.2, 0.25) is 0 Å². The van der Waals surface area contributed by atoms with Crippen LogP contribution in [0, 0.1) is 0 Å². The zero-order valence-corrected chi connectivity index (χ0v) is 10.1. The standard InChI is InChI=1S/C10H16F2N2O5/c11-8(12)5-19-2-1-13-10(18)14-4-6(15)3-7(14)9(16)17/h6-8,15H,1-5H2,(H,13,18)(H,16,17)/t6?,7-/m0/s1. The van der Waals surface area contributed by atoms with Gasteiger partial charge in [0.1, 0.15) is 12.6 Å². The van der Waals surface area contributed by atoms with Crippen molar-refractivity contribution in [1.82, 2.24) is 10.2 Å². The van der Waals surface area contributed by atoms with Crippen LogP contribution in [0.1, 0.15) is 6.42 Å². The van der Waals surface area contributed by atoms with E-state index in [0.29, 0.717) is 0 Å². The predicted octanol–water partition coefficient (Wildman–Crippen LogP) is -0.502. The molecular formula is C10H16F2N2O5. The predicted molar refractivity (Wildman–Crippen MR) is 59.0 cm³/mol. The molecule has 2 atom stereocenters. The molecule has 2 amide bonds. The van der Waals surface area contributed by atoms with E-state index >= 15 is 0 Å². The molecule has 0 aromatic heterocycles. The van der Waals surface area contributed by atoms with E-state index in [1.165, 1.54) is 0 Å². The monoisotopic (exact) mass is 282 g/mol. The third-order valence-electron chi connectivity index (χ3n) is 2.59. The maximum absolute atomic E-state index is 11.7. The summed E-state index contributed by atoms with van der Waals surface area (Å²) in [6, 6.07) is -1.73. The van der Waals surface area contributed by atoms with Crippen LogP contribution in [-0.4, -0.2) is 72.0 Å². The van der Waals surface area contributed by atoms with Crippen molar-refractivity contribution in [3.63, 3.8) is 0 Å². The Morgan fingerprint density at radius 2 is 2.16 bits per heavy atom. The van der Waals surface area contributed by atoms with Gasteiger partial charge in [-0.1, -0.05) is 0 Å². The van der Waals surface area contributed by atoms with Gasteiger partial charge >= 0.3 is 12.0 Å². The number of likely N-dealkylation sites (tertiary alicyclic amines) is 1. The molecule has 1 heterocycles. The molecule has 3 N–H and O–H groups in total. The maximum atomic E-state index is 11.7. The highest BCUT2D eigenvalue weighted by Gasteiger charge is 2.38. The first kappa shape index (κ1) is 15.6. The van der Waals surface area contributed by atoms with Crippen LogP contribution in [0.5, 0.6) is 0 Å². The second kappa shape index (κ2) is 7.19. The molecule has 1 unspecified atom stereocenters. The van der Waals surface area contributed by atoms with E-state index < -0.39 is 37.2 Å². The van der Waals surface area contributed by atoms with Gasteiger partial charge in [0.2, 0.25) is 0 Å². The first-order chi connectivity index (χ1) is 8.91. The Hall–Kier alpha value is -1.48. The van der Waals surface area contributed by atoms with Crippen LogP contribution in [-0.2, 0) is 9.53 Å². The van der Waals surface area contributed by atoms with Gasteiger partial charge in [-0.05, 0) is 0 Å². The molecule has 0 aromatic rings. The molecule has 0 radical (unpaired) electrons. The molecule has 0 spiro atoms. The normalized spacial score (nSPS) is 22.8. The highest BCUT2D eigenvalue weighted by molar-refractivity contribution is 5.83. The summed E-state index contributed by atoms with van der Waals surface area (Å²) in [4.78, 5) is 23.5. The first-order valence-corrected chi connectivity index (χ1v) is 5.73. The lowest BCUT2D eigenvalue weighted by Crippen LogP contribution is -2.47. The lowest BCUT2D eigenvalue weighted by atomic mass is 10.2. The van der Waals surface area contributed by atoms with Crippen LogP contribution in [0.3, 0.4) is 0 Å². The van der Waals surface area contributed by atoms with Crippen molar-refractivity contribution < 1.29 is 33.3 Å². The van der Waals surface area contributed by atoms with E-state index in [2.05, 4.69) is 10.1 Å². The lowest BCUT2D eigenvalue weighted by molar-refractivity contribution is -0.141. The molecule has 1 rings (SSSR count). The van der Waals surface area contributed by atoms with Gasteiger partial charge in [0, 0.05) is 19.5 Å². The highest BCUT2D eigenvalue weighted by Crippen LogP contribution is 2.17. The third kappa shape index (κ3) is 4.95.